The minimum absolute atomic E-state index is 0.146. The van der Waals surface area contributed by atoms with Gasteiger partial charge in [0.1, 0.15) is 11.3 Å². The fourth-order valence-corrected chi connectivity index (χ4v) is 4.45. The second-order valence-corrected chi connectivity index (χ2v) is 9.81. The van der Waals surface area contributed by atoms with Crippen molar-refractivity contribution in [1.82, 2.24) is 0 Å². The average Bonchev–Trinajstić information content (AvgIpc) is 2.88. The third-order valence-electron chi connectivity index (χ3n) is 5.40. The van der Waals surface area contributed by atoms with E-state index in [2.05, 4.69) is 73.0 Å². The van der Waals surface area contributed by atoms with Gasteiger partial charge in [0.05, 0.1) is 5.25 Å². The molecule has 6 heteroatoms. The van der Waals surface area contributed by atoms with Crippen LogP contribution < -0.4 is 5.32 Å². The van der Waals surface area contributed by atoms with Gasteiger partial charge in [0, 0.05) is 5.69 Å². The molecule has 0 saturated carbocycles. The van der Waals surface area contributed by atoms with Gasteiger partial charge in [0.2, 0.25) is 5.91 Å². The number of allylic oxidation sites excluding steroid dienone is 10. The van der Waals surface area contributed by atoms with E-state index in [0.29, 0.717) is 12.1 Å². The van der Waals surface area contributed by atoms with Crippen molar-refractivity contribution in [3.05, 3.63) is 84.5 Å². The summed E-state index contributed by atoms with van der Waals surface area (Å²) < 4.78 is 0. The van der Waals surface area contributed by atoms with Crippen LogP contribution in [-0.2, 0) is 4.79 Å². The molecule has 1 aromatic carbocycles. The molecule has 37 heavy (non-hydrogen) atoms. The van der Waals surface area contributed by atoms with Gasteiger partial charge in [-0.3, -0.25) is 4.79 Å². The van der Waals surface area contributed by atoms with Gasteiger partial charge in [-0.2, -0.15) is 0 Å². The standard InChI is InChI=1S/C31H43NO4S/c1-3-5-6-7-8-9-10-11-12-13-14-15-16-17-18-19-20-21-24-37-29(4-2)30(34)32-26-22-23-28(33)27(25-26)31(35)36/h5-6,8-9,11-12,14-15,17-18,22-23,25,29,33H,3-4,7,10,13,16,19-21,24H2,1-2H3,(H,32,34)(H,35,36)/t29-/m0/s1. The highest BCUT2D eigenvalue weighted by molar-refractivity contribution is 8.00. The summed E-state index contributed by atoms with van der Waals surface area (Å²) in [7, 11) is 0. The molecule has 1 aromatic rings. The Bertz CT molecular complexity index is 947. The van der Waals surface area contributed by atoms with Crippen molar-refractivity contribution in [2.45, 2.75) is 76.9 Å². The number of carboxylic acid groups (broad SMARTS) is 1. The fraction of sp³-hybridized carbons (Fsp3) is 0.419. The van der Waals surface area contributed by atoms with Crippen LogP contribution in [0.25, 0.3) is 0 Å². The Labute approximate surface area is 227 Å². The summed E-state index contributed by atoms with van der Waals surface area (Å²) in [6.45, 7) is 4.11. The average molecular weight is 526 g/mol. The van der Waals surface area contributed by atoms with Gasteiger partial charge in [0.15, 0.2) is 0 Å². The van der Waals surface area contributed by atoms with E-state index in [1.54, 1.807) is 11.8 Å². The first-order valence-corrected chi connectivity index (χ1v) is 14.3. The van der Waals surface area contributed by atoms with E-state index < -0.39 is 5.97 Å². The number of amides is 1. The number of hydrogen-bond donors (Lipinski definition) is 3. The van der Waals surface area contributed by atoms with Crippen LogP contribution in [0.4, 0.5) is 5.69 Å². The highest BCUT2D eigenvalue weighted by Crippen LogP contribution is 2.23. The number of thioether (sulfide) groups is 1. The van der Waals surface area contributed by atoms with Gasteiger partial charge in [0.25, 0.3) is 0 Å². The summed E-state index contributed by atoms with van der Waals surface area (Å²) in [5.41, 5.74) is 0.145. The molecule has 3 N–H and O–H groups in total. The lowest BCUT2D eigenvalue weighted by Gasteiger charge is -2.15. The maximum absolute atomic E-state index is 12.6. The third-order valence-corrected chi connectivity index (χ3v) is 6.87. The predicted molar refractivity (Wildman–Crippen MR) is 159 cm³/mol. The van der Waals surface area contributed by atoms with E-state index in [4.69, 9.17) is 5.11 Å². The second-order valence-electron chi connectivity index (χ2n) is 8.50. The Morgan fingerprint density at radius 2 is 1.43 bits per heavy atom. The van der Waals surface area contributed by atoms with Gasteiger partial charge in [-0.1, -0.05) is 74.6 Å². The van der Waals surface area contributed by atoms with E-state index in [1.807, 2.05) is 6.92 Å². The first-order chi connectivity index (χ1) is 18.0. The molecule has 1 amide bonds. The molecule has 0 radical (unpaired) electrons. The summed E-state index contributed by atoms with van der Waals surface area (Å²) in [4.78, 5) is 23.7. The van der Waals surface area contributed by atoms with E-state index in [-0.39, 0.29) is 22.5 Å². The molecule has 0 bridgehead atoms. The predicted octanol–water partition coefficient (Wildman–Crippen LogP) is 8.46. The Kier molecular flexibility index (Phi) is 18.3. The van der Waals surface area contributed by atoms with Crippen LogP contribution in [0.1, 0.15) is 82.0 Å². The fourth-order valence-electron chi connectivity index (χ4n) is 3.35. The lowest BCUT2D eigenvalue weighted by atomic mass is 10.1. The Balaban J connectivity index is 2.15. The van der Waals surface area contributed by atoms with Gasteiger partial charge >= 0.3 is 5.97 Å². The van der Waals surface area contributed by atoms with Gasteiger partial charge in [-0.25, -0.2) is 4.79 Å². The lowest BCUT2D eigenvalue weighted by molar-refractivity contribution is -0.115. The third kappa shape index (κ3) is 15.7. The SMILES string of the molecule is CCC=CCC=CCC=CCC=CCC=CCCCCS[C@@H](CC)C(=O)Nc1ccc(O)c(C(=O)O)c1. The molecule has 0 aliphatic carbocycles. The zero-order chi connectivity index (χ0) is 27.1. The molecule has 202 valence electrons. The largest absolute Gasteiger partial charge is 0.507 e. The number of anilines is 1. The first kappa shape index (κ1) is 32.0. The molecular formula is C31H43NO4S. The molecule has 1 atom stereocenters. The highest BCUT2D eigenvalue weighted by Gasteiger charge is 2.18. The smallest absolute Gasteiger partial charge is 0.339 e. The Hall–Kier alpha value is -2.99. The van der Waals surface area contributed by atoms with Crippen molar-refractivity contribution >= 4 is 29.3 Å². The van der Waals surface area contributed by atoms with Crippen LogP contribution in [-0.4, -0.2) is 33.1 Å². The van der Waals surface area contributed by atoms with Gasteiger partial charge in [-0.15, -0.1) is 11.8 Å². The Morgan fingerprint density at radius 3 is 1.97 bits per heavy atom. The van der Waals surface area contributed by atoms with Crippen LogP contribution in [0.3, 0.4) is 0 Å². The maximum atomic E-state index is 12.6. The monoisotopic (exact) mass is 525 g/mol. The second kappa shape index (κ2) is 21.1. The first-order valence-electron chi connectivity index (χ1n) is 13.2. The molecule has 0 aliphatic rings. The quantitative estimate of drug-likeness (QED) is 0.0958. The zero-order valence-electron chi connectivity index (χ0n) is 22.3. The van der Waals surface area contributed by atoms with E-state index >= 15 is 0 Å². The molecule has 0 unspecified atom stereocenters. The van der Waals surface area contributed by atoms with Gasteiger partial charge in [-0.05, 0) is 81.7 Å². The number of benzene rings is 1. The van der Waals surface area contributed by atoms with Crippen LogP contribution >= 0.6 is 11.8 Å². The minimum Gasteiger partial charge on any atom is -0.507 e. The van der Waals surface area contributed by atoms with Gasteiger partial charge < -0.3 is 15.5 Å². The molecule has 1 rings (SSSR count). The highest BCUT2D eigenvalue weighted by atomic mass is 32.2. The van der Waals surface area contributed by atoms with Crippen molar-refractivity contribution in [3.8, 4) is 5.75 Å². The minimum atomic E-state index is -1.23. The molecule has 0 heterocycles. The zero-order valence-corrected chi connectivity index (χ0v) is 23.1. The van der Waals surface area contributed by atoms with Crippen LogP contribution in [0, 0.1) is 0 Å². The van der Waals surface area contributed by atoms with Crippen molar-refractivity contribution in [3.63, 3.8) is 0 Å². The van der Waals surface area contributed by atoms with Crippen molar-refractivity contribution in [2.75, 3.05) is 11.1 Å². The summed E-state index contributed by atoms with van der Waals surface area (Å²) in [5.74, 6) is -0.804. The lowest BCUT2D eigenvalue weighted by Crippen LogP contribution is -2.25. The van der Waals surface area contributed by atoms with Crippen LogP contribution in [0.5, 0.6) is 5.75 Å². The number of carbonyl (C=O) groups excluding carboxylic acids is 1. The number of phenols is 1. The number of rotatable bonds is 19. The Morgan fingerprint density at radius 1 is 0.865 bits per heavy atom. The van der Waals surface area contributed by atoms with Crippen molar-refractivity contribution < 1.29 is 19.8 Å². The molecule has 5 nitrogen and oxygen atoms in total. The number of carbonyl (C=O) groups is 2. The maximum Gasteiger partial charge on any atom is 0.339 e. The molecule has 0 saturated heterocycles. The number of unbranched alkanes of at least 4 members (excludes halogenated alkanes) is 2. The number of nitrogens with one attached hydrogen (secondary N) is 1. The molecule has 0 aliphatic heterocycles. The molecule has 0 aromatic heterocycles. The molecule has 0 fully saturated rings. The number of aromatic hydroxyl groups is 1. The van der Waals surface area contributed by atoms with Crippen LogP contribution in [0.2, 0.25) is 0 Å². The van der Waals surface area contributed by atoms with E-state index in [1.165, 1.54) is 18.2 Å². The summed E-state index contributed by atoms with van der Waals surface area (Å²) in [5, 5.41) is 21.3. The number of aromatic carboxylic acids is 1. The topological polar surface area (TPSA) is 86.6 Å². The van der Waals surface area contributed by atoms with Crippen LogP contribution in [0.15, 0.2) is 79.0 Å². The summed E-state index contributed by atoms with van der Waals surface area (Å²) in [6.07, 6.45) is 30.9. The normalized spacial score (nSPS) is 13.0. The number of carboxylic acids is 1. The molecule has 0 spiro atoms. The summed E-state index contributed by atoms with van der Waals surface area (Å²) in [6, 6.07) is 4.06. The number of hydrogen-bond acceptors (Lipinski definition) is 4. The van der Waals surface area contributed by atoms with E-state index in [9.17, 15) is 14.7 Å². The molecular weight excluding hydrogens is 482 g/mol. The van der Waals surface area contributed by atoms with Crippen molar-refractivity contribution in [1.29, 1.82) is 0 Å². The van der Waals surface area contributed by atoms with Crippen molar-refractivity contribution in [2.24, 2.45) is 0 Å². The summed E-state index contributed by atoms with van der Waals surface area (Å²) >= 11 is 1.62. The van der Waals surface area contributed by atoms with E-state index in [0.717, 1.165) is 57.1 Å².